The minimum Gasteiger partial charge on any atom is -0.497 e. The average Bonchev–Trinajstić information content (AvgIpc) is 2.93. The standard InChI is InChI=1S/C14H17N3O2/c1-19-12-4-2-11(3-5-12)10-14(18)17-7-6-13-15-8-9-16-13/h2-5,8-9H,6-7,10H2,1H3,(H,15,16)(H,17,18). The molecule has 1 aromatic heterocycles. The molecule has 0 bridgehead atoms. The molecule has 1 amide bonds. The van der Waals surface area contributed by atoms with Gasteiger partial charge in [0.2, 0.25) is 5.91 Å². The minimum atomic E-state index is 0.0109. The van der Waals surface area contributed by atoms with E-state index in [1.165, 1.54) is 0 Å². The van der Waals surface area contributed by atoms with E-state index in [1.807, 2.05) is 24.3 Å². The van der Waals surface area contributed by atoms with Crippen molar-refractivity contribution in [3.05, 3.63) is 48.0 Å². The predicted molar refractivity (Wildman–Crippen MR) is 72.0 cm³/mol. The predicted octanol–water partition coefficient (Wildman–Crippen LogP) is 1.32. The molecule has 0 aliphatic carbocycles. The van der Waals surface area contributed by atoms with Crippen LogP contribution in [0.4, 0.5) is 0 Å². The van der Waals surface area contributed by atoms with Crippen LogP contribution in [0, 0.1) is 0 Å². The maximum Gasteiger partial charge on any atom is 0.224 e. The highest BCUT2D eigenvalue weighted by Crippen LogP contribution is 2.11. The summed E-state index contributed by atoms with van der Waals surface area (Å²) in [4.78, 5) is 18.8. The fraction of sp³-hybridized carbons (Fsp3) is 0.286. The second-order valence-electron chi connectivity index (χ2n) is 4.16. The molecule has 0 aliphatic rings. The normalized spacial score (nSPS) is 10.2. The number of carbonyl (C=O) groups is 1. The first-order valence-corrected chi connectivity index (χ1v) is 6.16. The van der Waals surface area contributed by atoms with Gasteiger partial charge in [0.25, 0.3) is 0 Å². The van der Waals surface area contributed by atoms with Crippen LogP contribution in [0.2, 0.25) is 0 Å². The number of hydrogen-bond donors (Lipinski definition) is 2. The van der Waals surface area contributed by atoms with Gasteiger partial charge >= 0.3 is 0 Å². The molecule has 0 saturated carbocycles. The van der Waals surface area contributed by atoms with Gasteiger partial charge in [0.15, 0.2) is 0 Å². The molecule has 0 atom stereocenters. The maximum absolute atomic E-state index is 11.7. The summed E-state index contributed by atoms with van der Waals surface area (Å²) >= 11 is 0. The lowest BCUT2D eigenvalue weighted by Crippen LogP contribution is -2.27. The Labute approximate surface area is 112 Å². The summed E-state index contributed by atoms with van der Waals surface area (Å²) in [5.74, 6) is 1.68. The summed E-state index contributed by atoms with van der Waals surface area (Å²) in [5.41, 5.74) is 0.969. The van der Waals surface area contributed by atoms with Crippen molar-refractivity contribution in [1.29, 1.82) is 0 Å². The Balaban J connectivity index is 1.74. The molecule has 0 aliphatic heterocycles. The van der Waals surface area contributed by atoms with Crippen LogP contribution in [0.1, 0.15) is 11.4 Å². The number of benzene rings is 1. The van der Waals surface area contributed by atoms with Crippen molar-refractivity contribution in [2.24, 2.45) is 0 Å². The Kier molecular flexibility index (Phi) is 4.55. The number of ether oxygens (including phenoxy) is 1. The molecule has 0 unspecified atom stereocenters. The Hall–Kier alpha value is -2.30. The van der Waals surface area contributed by atoms with E-state index in [0.717, 1.165) is 17.1 Å². The zero-order valence-electron chi connectivity index (χ0n) is 10.8. The van der Waals surface area contributed by atoms with Gasteiger partial charge in [0.05, 0.1) is 13.5 Å². The molecule has 0 fully saturated rings. The smallest absolute Gasteiger partial charge is 0.224 e. The monoisotopic (exact) mass is 259 g/mol. The molecular formula is C14H17N3O2. The first kappa shape index (κ1) is 13.1. The summed E-state index contributed by atoms with van der Waals surface area (Å²) in [6.45, 7) is 0.586. The van der Waals surface area contributed by atoms with Gasteiger partial charge in [-0.2, -0.15) is 0 Å². The van der Waals surface area contributed by atoms with Crippen LogP contribution >= 0.6 is 0 Å². The molecular weight excluding hydrogens is 242 g/mol. The highest BCUT2D eigenvalue weighted by molar-refractivity contribution is 5.78. The molecule has 5 nitrogen and oxygen atoms in total. The third kappa shape index (κ3) is 4.13. The van der Waals surface area contributed by atoms with Crippen molar-refractivity contribution in [3.63, 3.8) is 0 Å². The Morgan fingerprint density at radius 1 is 1.37 bits per heavy atom. The lowest BCUT2D eigenvalue weighted by atomic mass is 10.1. The lowest BCUT2D eigenvalue weighted by molar-refractivity contribution is -0.120. The summed E-state index contributed by atoms with van der Waals surface area (Å²) in [5, 5.41) is 2.87. The van der Waals surface area contributed by atoms with E-state index in [-0.39, 0.29) is 5.91 Å². The van der Waals surface area contributed by atoms with Gasteiger partial charge in [-0.3, -0.25) is 4.79 Å². The second-order valence-corrected chi connectivity index (χ2v) is 4.16. The zero-order valence-corrected chi connectivity index (χ0v) is 10.8. The van der Waals surface area contributed by atoms with E-state index >= 15 is 0 Å². The van der Waals surface area contributed by atoms with Crippen LogP contribution in [0.3, 0.4) is 0 Å². The van der Waals surface area contributed by atoms with Crippen molar-refractivity contribution >= 4 is 5.91 Å². The summed E-state index contributed by atoms with van der Waals surface area (Å²) in [6.07, 6.45) is 4.56. The largest absolute Gasteiger partial charge is 0.497 e. The van der Waals surface area contributed by atoms with Crippen molar-refractivity contribution in [3.8, 4) is 5.75 Å². The van der Waals surface area contributed by atoms with Gasteiger partial charge in [-0.25, -0.2) is 4.98 Å². The van der Waals surface area contributed by atoms with Gasteiger partial charge in [-0.15, -0.1) is 0 Å². The number of rotatable bonds is 6. The van der Waals surface area contributed by atoms with Crippen molar-refractivity contribution in [1.82, 2.24) is 15.3 Å². The van der Waals surface area contributed by atoms with E-state index in [9.17, 15) is 4.79 Å². The van der Waals surface area contributed by atoms with E-state index in [0.29, 0.717) is 19.4 Å². The summed E-state index contributed by atoms with van der Waals surface area (Å²) in [7, 11) is 1.62. The fourth-order valence-electron chi connectivity index (χ4n) is 1.75. The molecule has 100 valence electrons. The molecule has 1 heterocycles. The van der Waals surface area contributed by atoms with Crippen LogP contribution in [0.25, 0.3) is 0 Å². The number of nitrogens with zero attached hydrogens (tertiary/aromatic N) is 1. The maximum atomic E-state index is 11.7. The number of H-pyrrole nitrogens is 1. The van der Waals surface area contributed by atoms with Crippen molar-refractivity contribution < 1.29 is 9.53 Å². The number of hydrogen-bond acceptors (Lipinski definition) is 3. The first-order valence-electron chi connectivity index (χ1n) is 6.16. The summed E-state index contributed by atoms with van der Waals surface area (Å²) in [6, 6.07) is 7.49. The highest BCUT2D eigenvalue weighted by atomic mass is 16.5. The van der Waals surface area contributed by atoms with Gasteiger partial charge in [0.1, 0.15) is 11.6 Å². The van der Waals surface area contributed by atoms with Gasteiger partial charge < -0.3 is 15.0 Å². The topological polar surface area (TPSA) is 67.0 Å². The SMILES string of the molecule is COc1ccc(CC(=O)NCCc2ncc[nH]2)cc1. The third-order valence-corrected chi connectivity index (χ3v) is 2.76. The van der Waals surface area contributed by atoms with Gasteiger partial charge in [-0.1, -0.05) is 12.1 Å². The molecule has 2 rings (SSSR count). The quantitative estimate of drug-likeness (QED) is 0.822. The Bertz CT molecular complexity index is 506. The number of aromatic nitrogens is 2. The van der Waals surface area contributed by atoms with Crippen LogP contribution in [-0.2, 0) is 17.6 Å². The number of amides is 1. The summed E-state index contributed by atoms with van der Waals surface area (Å²) < 4.78 is 5.07. The van der Waals surface area contributed by atoms with Crippen molar-refractivity contribution in [2.75, 3.05) is 13.7 Å². The minimum absolute atomic E-state index is 0.0109. The number of imidazole rings is 1. The van der Waals surface area contributed by atoms with E-state index in [2.05, 4.69) is 15.3 Å². The van der Waals surface area contributed by atoms with Gasteiger partial charge in [0, 0.05) is 25.4 Å². The van der Waals surface area contributed by atoms with Gasteiger partial charge in [-0.05, 0) is 17.7 Å². The molecule has 5 heteroatoms. The molecule has 1 aromatic carbocycles. The number of aromatic amines is 1. The Morgan fingerprint density at radius 3 is 2.79 bits per heavy atom. The van der Waals surface area contributed by atoms with E-state index in [4.69, 9.17) is 4.74 Å². The second kappa shape index (κ2) is 6.58. The van der Waals surface area contributed by atoms with Crippen LogP contribution < -0.4 is 10.1 Å². The molecule has 2 aromatic rings. The molecule has 0 saturated heterocycles. The average molecular weight is 259 g/mol. The van der Waals surface area contributed by atoms with E-state index in [1.54, 1.807) is 19.5 Å². The van der Waals surface area contributed by atoms with Crippen LogP contribution in [0.5, 0.6) is 5.75 Å². The lowest BCUT2D eigenvalue weighted by Gasteiger charge is -2.05. The molecule has 19 heavy (non-hydrogen) atoms. The zero-order chi connectivity index (χ0) is 13.5. The fourth-order valence-corrected chi connectivity index (χ4v) is 1.75. The number of methoxy groups -OCH3 is 1. The highest BCUT2D eigenvalue weighted by Gasteiger charge is 2.03. The number of carbonyl (C=O) groups excluding carboxylic acids is 1. The Morgan fingerprint density at radius 2 is 2.16 bits per heavy atom. The van der Waals surface area contributed by atoms with Crippen LogP contribution in [-0.4, -0.2) is 29.5 Å². The number of nitrogens with one attached hydrogen (secondary N) is 2. The first-order chi connectivity index (χ1) is 9.28. The van der Waals surface area contributed by atoms with Crippen molar-refractivity contribution in [2.45, 2.75) is 12.8 Å². The molecule has 2 N–H and O–H groups in total. The molecule has 0 radical (unpaired) electrons. The third-order valence-electron chi connectivity index (χ3n) is 2.76. The molecule has 0 spiro atoms. The van der Waals surface area contributed by atoms with E-state index < -0.39 is 0 Å². The van der Waals surface area contributed by atoms with Crippen LogP contribution in [0.15, 0.2) is 36.7 Å².